The van der Waals surface area contributed by atoms with Crippen molar-refractivity contribution >= 4 is 38.6 Å². The highest BCUT2D eigenvalue weighted by Gasteiger charge is 2.17. The monoisotopic (exact) mass is 386 g/mol. The largest absolute Gasteiger partial charge is 0.324 e. The van der Waals surface area contributed by atoms with Crippen LogP contribution in [0.2, 0.25) is 0 Å². The van der Waals surface area contributed by atoms with E-state index in [1.165, 1.54) is 6.07 Å². The van der Waals surface area contributed by atoms with Crippen LogP contribution >= 0.6 is 11.3 Å². The molecule has 0 aliphatic rings. The Labute approximate surface area is 156 Å². The van der Waals surface area contributed by atoms with Gasteiger partial charge in [0.2, 0.25) is 5.91 Å². The average molecular weight is 386 g/mol. The lowest BCUT2D eigenvalue weighted by molar-refractivity contribution is -0.115. The Bertz CT molecular complexity index is 1010. The molecule has 0 unspecified atom stereocenters. The molecular weight excluding hydrogens is 368 g/mol. The second kappa shape index (κ2) is 7.72. The molecule has 0 bridgehead atoms. The first-order valence-electron chi connectivity index (χ1n) is 7.95. The third kappa shape index (κ3) is 4.30. The third-order valence-corrected chi connectivity index (χ3v) is 6.58. The lowest BCUT2D eigenvalue weighted by Crippen LogP contribution is -2.18. The van der Waals surface area contributed by atoms with Crippen LogP contribution in [0.1, 0.15) is 11.1 Å². The molecule has 0 radical (unpaired) electrons. The van der Waals surface area contributed by atoms with Gasteiger partial charge in [-0.1, -0.05) is 42.5 Å². The summed E-state index contributed by atoms with van der Waals surface area (Å²) in [5, 5.41) is 4.49. The van der Waals surface area contributed by atoms with Gasteiger partial charge in [-0.2, -0.15) is 0 Å². The van der Waals surface area contributed by atoms with Crippen molar-refractivity contribution in [3.8, 4) is 0 Å². The third-order valence-electron chi connectivity index (χ3n) is 3.82. The van der Waals surface area contributed by atoms with Gasteiger partial charge in [0.25, 0.3) is 10.0 Å². The number of anilines is 2. The van der Waals surface area contributed by atoms with Crippen molar-refractivity contribution in [2.24, 2.45) is 0 Å². The number of aryl methyl sites for hydroxylation is 1. The summed E-state index contributed by atoms with van der Waals surface area (Å²) in [5.74, 6) is -0.206. The van der Waals surface area contributed by atoms with Gasteiger partial charge in [-0.3, -0.25) is 9.52 Å². The number of thiophene rings is 1. The summed E-state index contributed by atoms with van der Waals surface area (Å²) in [6, 6.07) is 17.6. The topological polar surface area (TPSA) is 75.3 Å². The number of hydrogen-bond donors (Lipinski definition) is 2. The molecule has 0 spiro atoms. The van der Waals surface area contributed by atoms with Crippen molar-refractivity contribution in [2.45, 2.75) is 17.6 Å². The molecule has 0 aliphatic carbocycles. The predicted octanol–water partition coefficient (Wildman–Crippen LogP) is 4.04. The van der Waals surface area contributed by atoms with Gasteiger partial charge in [-0.05, 0) is 41.6 Å². The first-order valence-corrected chi connectivity index (χ1v) is 10.3. The number of carbonyl (C=O) groups excluding carboxylic acids is 1. The highest BCUT2D eigenvalue weighted by atomic mass is 32.2. The minimum absolute atomic E-state index is 0.206. The van der Waals surface area contributed by atoms with Crippen LogP contribution in [0.4, 0.5) is 11.4 Å². The highest BCUT2D eigenvalue weighted by Crippen LogP contribution is 2.26. The van der Waals surface area contributed by atoms with Crippen molar-refractivity contribution in [2.75, 3.05) is 10.0 Å². The number of sulfonamides is 1. The Morgan fingerprint density at radius 1 is 0.962 bits per heavy atom. The minimum atomic E-state index is -3.68. The van der Waals surface area contributed by atoms with Crippen LogP contribution in [-0.2, 0) is 21.2 Å². The van der Waals surface area contributed by atoms with Crippen LogP contribution < -0.4 is 10.0 Å². The van der Waals surface area contributed by atoms with E-state index in [1.807, 2.05) is 31.2 Å². The van der Waals surface area contributed by atoms with Crippen LogP contribution in [0.3, 0.4) is 0 Å². The molecule has 0 saturated heterocycles. The maximum Gasteiger partial charge on any atom is 0.271 e. The van der Waals surface area contributed by atoms with Crippen LogP contribution in [0.5, 0.6) is 0 Å². The second-order valence-electron chi connectivity index (χ2n) is 5.73. The summed E-state index contributed by atoms with van der Waals surface area (Å²) in [7, 11) is -3.68. The molecule has 0 fully saturated rings. The van der Waals surface area contributed by atoms with Gasteiger partial charge in [0, 0.05) is 0 Å². The Hall–Kier alpha value is -2.64. The van der Waals surface area contributed by atoms with Crippen LogP contribution in [0.15, 0.2) is 70.3 Å². The number of nitrogens with one attached hydrogen (secondary N) is 2. The summed E-state index contributed by atoms with van der Waals surface area (Å²) in [6.07, 6.45) is 0.221. The molecule has 0 atom stereocenters. The number of amides is 1. The van der Waals surface area contributed by atoms with Crippen LogP contribution in [-0.4, -0.2) is 14.3 Å². The summed E-state index contributed by atoms with van der Waals surface area (Å²) in [6.45, 7) is 1.95. The molecular formula is C19H18N2O3S2. The molecule has 2 N–H and O–H groups in total. The molecule has 2 aromatic carbocycles. The summed E-state index contributed by atoms with van der Waals surface area (Å²) in [5.41, 5.74) is 2.72. The van der Waals surface area contributed by atoms with Gasteiger partial charge in [-0.25, -0.2) is 8.42 Å². The van der Waals surface area contributed by atoms with Gasteiger partial charge in [0.1, 0.15) is 4.21 Å². The predicted molar refractivity (Wildman–Crippen MR) is 105 cm³/mol. The van der Waals surface area contributed by atoms with E-state index in [4.69, 9.17) is 0 Å². The van der Waals surface area contributed by atoms with Crippen molar-refractivity contribution in [3.05, 3.63) is 77.2 Å². The van der Waals surface area contributed by atoms with Gasteiger partial charge in [0.15, 0.2) is 0 Å². The second-order valence-corrected chi connectivity index (χ2v) is 8.59. The van der Waals surface area contributed by atoms with Crippen molar-refractivity contribution in [1.29, 1.82) is 0 Å². The van der Waals surface area contributed by atoms with E-state index >= 15 is 0 Å². The molecule has 3 aromatic rings. The fourth-order valence-corrected chi connectivity index (χ4v) is 4.54. The van der Waals surface area contributed by atoms with E-state index < -0.39 is 10.0 Å². The van der Waals surface area contributed by atoms with E-state index in [9.17, 15) is 13.2 Å². The molecule has 0 aliphatic heterocycles. The van der Waals surface area contributed by atoms with Gasteiger partial charge in [-0.15, -0.1) is 11.3 Å². The van der Waals surface area contributed by atoms with E-state index in [0.29, 0.717) is 11.4 Å². The SMILES string of the molecule is Cc1ccccc1CC(=O)Nc1ccccc1NS(=O)(=O)c1cccs1. The van der Waals surface area contributed by atoms with E-state index in [1.54, 1.807) is 35.7 Å². The maximum absolute atomic E-state index is 12.4. The Kier molecular flexibility index (Phi) is 5.39. The highest BCUT2D eigenvalue weighted by molar-refractivity contribution is 7.94. The lowest BCUT2D eigenvalue weighted by atomic mass is 10.1. The van der Waals surface area contributed by atoms with Gasteiger partial charge in [0.05, 0.1) is 17.8 Å². The zero-order valence-corrected chi connectivity index (χ0v) is 15.7. The fourth-order valence-electron chi connectivity index (χ4n) is 2.47. The molecule has 26 heavy (non-hydrogen) atoms. The van der Waals surface area contributed by atoms with Gasteiger partial charge >= 0.3 is 0 Å². The Balaban J connectivity index is 1.77. The molecule has 5 nitrogen and oxygen atoms in total. The molecule has 1 amide bonds. The number of para-hydroxylation sites is 2. The minimum Gasteiger partial charge on any atom is -0.324 e. The lowest BCUT2D eigenvalue weighted by Gasteiger charge is -2.13. The summed E-state index contributed by atoms with van der Waals surface area (Å²) >= 11 is 1.13. The zero-order chi connectivity index (χ0) is 18.6. The number of hydrogen-bond acceptors (Lipinski definition) is 4. The first-order chi connectivity index (χ1) is 12.5. The standard InChI is InChI=1S/C19H18N2O3S2/c1-14-7-2-3-8-15(14)13-18(22)20-16-9-4-5-10-17(16)21-26(23,24)19-11-6-12-25-19/h2-12,21H,13H2,1H3,(H,20,22). The van der Waals surface area contributed by atoms with Crippen LogP contribution in [0.25, 0.3) is 0 Å². The Morgan fingerprint density at radius 3 is 2.35 bits per heavy atom. The smallest absolute Gasteiger partial charge is 0.271 e. The normalized spacial score (nSPS) is 11.1. The average Bonchev–Trinajstić information content (AvgIpc) is 3.14. The first kappa shape index (κ1) is 18.2. The molecule has 134 valence electrons. The van der Waals surface area contributed by atoms with Crippen molar-refractivity contribution < 1.29 is 13.2 Å². The summed E-state index contributed by atoms with van der Waals surface area (Å²) < 4.78 is 27.6. The number of rotatable bonds is 6. The van der Waals surface area contributed by atoms with Crippen molar-refractivity contribution in [3.63, 3.8) is 0 Å². The van der Waals surface area contributed by atoms with E-state index in [0.717, 1.165) is 22.5 Å². The van der Waals surface area contributed by atoms with Crippen LogP contribution in [0, 0.1) is 6.92 Å². The zero-order valence-electron chi connectivity index (χ0n) is 14.1. The fraction of sp³-hybridized carbons (Fsp3) is 0.105. The quantitative estimate of drug-likeness (QED) is 0.671. The summed E-state index contributed by atoms with van der Waals surface area (Å²) in [4.78, 5) is 12.4. The maximum atomic E-state index is 12.4. The van der Waals surface area contributed by atoms with E-state index in [-0.39, 0.29) is 16.5 Å². The van der Waals surface area contributed by atoms with Crippen molar-refractivity contribution in [1.82, 2.24) is 0 Å². The number of carbonyl (C=O) groups is 1. The number of benzene rings is 2. The van der Waals surface area contributed by atoms with E-state index in [2.05, 4.69) is 10.0 Å². The van der Waals surface area contributed by atoms with Gasteiger partial charge < -0.3 is 5.32 Å². The Morgan fingerprint density at radius 2 is 1.65 bits per heavy atom. The molecule has 3 rings (SSSR count). The molecule has 1 aromatic heterocycles. The molecule has 1 heterocycles. The molecule has 0 saturated carbocycles. The molecule has 7 heteroatoms.